The Balaban J connectivity index is 3.19. The highest BCUT2D eigenvalue weighted by Gasteiger charge is 1.99. The van der Waals surface area contributed by atoms with Crippen molar-refractivity contribution < 1.29 is 0 Å². The van der Waals surface area contributed by atoms with E-state index in [0.29, 0.717) is 11.6 Å². The van der Waals surface area contributed by atoms with Crippen LogP contribution in [0.15, 0.2) is 16.9 Å². The Morgan fingerprint density at radius 1 is 1.45 bits per heavy atom. The van der Waals surface area contributed by atoms with Crippen LogP contribution in [0.3, 0.4) is 0 Å². The molecule has 3 N–H and O–H groups in total. The van der Waals surface area contributed by atoms with E-state index >= 15 is 0 Å². The zero-order valence-corrected chi connectivity index (χ0v) is 6.72. The molecule has 1 aromatic heterocycles. The second kappa shape index (κ2) is 2.78. The van der Waals surface area contributed by atoms with Gasteiger partial charge in [-0.15, -0.1) is 0 Å². The predicted molar refractivity (Wildman–Crippen MR) is 45.6 cm³/mol. The van der Waals surface area contributed by atoms with Crippen LogP contribution in [-0.2, 0) is 0 Å². The summed E-state index contributed by atoms with van der Waals surface area (Å²) in [6, 6.07) is 3.16. The molecular weight excluding hydrogens is 140 g/mol. The highest BCUT2D eigenvalue weighted by molar-refractivity contribution is 5.37. The van der Waals surface area contributed by atoms with Gasteiger partial charge >= 0.3 is 0 Å². The first kappa shape index (κ1) is 7.85. The molecule has 1 heterocycles. The van der Waals surface area contributed by atoms with Gasteiger partial charge in [-0.25, -0.2) is 0 Å². The highest BCUT2D eigenvalue weighted by atomic mass is 16.1. The molecule has 0 spiro atoms. The molecule has 0 bridgehead atoms. The van der Waals surface area contributed by atoms with Crippen LogP contribution < -0.4 is 11.3 Å². The molecule has 0 saturated heterocycles. The summed E-state index contributed by atoms with van der Waals surface area (Å²) in [5.74, 6) is 0.311. The van der Waals surface area contributed by atoms with Crippen molar-refractivity contribution in [3.63, 3.8) is 0 Å². The number of pyridine rings is 1. The molecule has 0 saturated carbocycles. The van der Waals surface area contributed by atoms with Gasteiger partial charge in [-0.1, -0.05) is 13.8 Å². The lowest BCUT2D eigenvalue weighted by molar-refractivity contribution is 0.817. The van der Waals surface area contributed by atoms with Gasteiger partial charge in [0.15, 0.2) is 0 Å². The maximum atomic E-state index is 10.9. The average molecular weight is 152 g/mol. The SMILES string of the molecule is CC(C)c1cc(N)cc(=O)[nH]1. The number of anilines is 1. The third-order valence-electron chi connectivity index (χ3n) is 1.51. The van der Waals surface area contributed by atoms with E-state index in [-0.39, 0.29) is 5.56 Å². The molecule has 0 aliphatic rings. The van der Waals surface area contributed by atoms with Crippen molar-refractivity contribution in [3.8, 4) is 0 Å². The minimum Gasteiger partial charge on any atom is -0.399 e. The summed E-state index contributed by atoms with van der Waals surface area (Å²) in [5, 5.41) is 0. The van der Waals surface area contributed by atoms with Gasteiger partial charge in [0.2, 0.25) is 5.56 Å². The zero-order valence-electron chi connectivity index (χ0n) is 6.72. The van der Waals surface area contributed by atoms with Crippen molar-refractivity contribution in [3.05, 3.63) is 28.2 Å². The Morgan fingerprint density at radius 3 is 2.55 bits per heavy atom. The van der Waals surface area contributed by atoms with Gasteiger partial charge in [-0.2, -0.15) is 0 Å². The van der Waals surface area contributed by atoms with Gasteiger partial charge in [-0.05, 0) is 12.0 Å². The largest absolute Gasteiger partial charge is 0.399 e. The standard InChI is InChI=1S/C8H12N2O/c1-5(2)7-3-6(9)4-8(11)10-7/h3-5H,1-2H3,(H3,9,10,11). The van der Waals surface area contributed by atoms with Crippen molar-refractivity contribution in [2.75, 3.05) is 5.73 Å². The lowest BCUT2D eigenvalue weighted by atomic mass is 10.1. The van der Waals surface area contributed by atoms with E-state index in [4.69, 9.17) is 5.73 Å². The Morgan fingerprint density at radius 2 is 2.09 bits per heavy atom. The number of aromatic nitrogens is 1. The van der Waals surface area contributed by atoms with Gasteiger partial charge in [0.1, 0.15) is 0 Å². The molecule has 0 amide bonds. The van der Waals surface area contributed by atoms with Crippen molar-refractivity contribution >= 4 is 5.69 Å². The van der Waals surface area contributed by atoms with Gasteiger partial charge in [0.25, 0.3) is 0 Å². The molecule has 0 atom stereocenters. The summed E-state index contributed by atoms with van der Waals surface area (Å²) >= 11 is 0. The number of aromatic amines is 1. The van der Waals surface area contributed by atoms with Crippen LogP contribution in [0.2, 0.25) is 0 Å². The van der Waals surface area contributed by atoms with Crippen LogP contribution in [0.1, 0.15) is 25.5 Å². The molecule has 0 fully saturated rings. The highest BCUT2D eigenvalue weighted by Crippen LogP contribution is 2.11. The Labute approximate surface area is 65.2 Å². The minimum atomic E-state index is -0.131. The molecule has 1 rings (SSSR count). The summed E-state index contributed by atoms with van der Waals surface area (Å²) in [7, 11) is 0. The van der Waals surface area contributed by atoms with E-state index in [1.54, 1.807) is 6.07 Å². The van der Waals surface area contributed by atoms with E-state index in [0.717, 1.165) is 5.69 Å². The fourth-order valence-corrected chi connectivity index (χ4v) is 0.898. The number of hydrogen-bond donors (Lipinski definition) is 2. The monoisotopic (exact) mass is 152 g/mol. The first-order valence-corrected chi connectivity index (χ1v) is 3.59. The van der Waals surface area contributed by atoms with Crippen LogP contribution in [-0.4, -0.2) is 4.98 Å². The average Bonchev–Trinajstić information content (AvgIpc) is 1.85. The molecule has 0 unspecified atom stereocenters. The number of hydrogen-bond acceptors (Lipinski definition) is 2. The summed E-state index contributed by atoms with van der Waals surface area (Å²) in [5.41, 5.74) is 6.76. The summed E-state index contributed by atoms with van der Waals surface area (Å²) in [4.78, 5) is 13.6. The van der Waals surface area contributed by atoms with Crippen molar-refractivity contribution in [2.45, 2.75) is 19.8 Å². The molecule has 0 aliphatic carbocycles. The van der Waals surface area contributed by atoms with Gasteiger partial charge in [-0.3, -0.25) is 4.79 Å². The molecule has 3 heteroatoms. The molecule has 0 aliphatic heterocycles. The number of nitrogens with one attached hydrogen (secondary N) is 1. The Bertz CT molecular complexity index is 301. The molecule has 11 heavy (non-hydrogen) atoms. The molecule has 60 valence electrons. The van der Waals surface area contributed by atoms with Crippen LogP contribution in [0.5, 0.6) is 0 Å². The van der Waals surface area contributed by atoms with E-state index < -0.39 is 0 Å². The van der Waals surface area contributed by atoms with Crippen molar-refractivity contribution in [1.29, 1.82) is 0 Å². The van der Waals surface area contributed by atoms with Crippen molar-refractivity contribution in [1.82, 2.24) is 4.98 Å². The molecule has 0 aromatic carbocycles. The summed E-state index contributed by atoms with van der Waals surface area (Å²) < 4.78 is 0. The second-order valence-electron chi connectivity index (χ2n) is 2.89. The first-order valence-electron chi connectivity index (χ1n) is 3.59. The normalized spacial score (nSPS) is 10.5. The van der Waals surface area contributed by atoms with Crippen molar-refractivity contribution in [2.24, 2.45) is 0 Å². The quantitative estimate of drug-likeness (QED) is 0.632. The third-order valence-corrected chi connectivity index (χ3v) is 1.51. The third kappa shape index (κ3) is 1.83. The van der Waals surface area contributed by atoms with Crippen LogP contribution in [0, 0.1) is 0 Å². The van der Waals surface area contributed by atoms with Crippen LogP contribution in [0.4, 0.5) is 5.69 Å². The van der Waals surface area contributed by atoms with Gasteiger partial charge in [0.05, 0.1) is 0 Å². The molecule has 3 nitrogen and oxygen atoms in total. The van der Waals surface area contributed by atoms with Gasteiger partial charge in [0, 0.05) is 17.4 Å². The first-order chi connectivity index (χ1) is 5.09. The molecule has 1 aromatic rings. The predicted octanol–water partition coefficient (Wildman–Crippen LogP) is 1.08. The Kier molecular flexibility index (Phi) is 1.98. The second-order valence-corrected chi connectivity index (χ2v) is 2.89. The molecular formula is C8H12N2O. The lowest BCUT2D eigenvalue weighted by Gasteiger charge is -2.04. The summed E-state index contributed by atoms with van der Waals surface area (Å²) in [6.07, 6.45) is 0. The summed E-state index contributed by atoms with van der Waals surface area (Å²) in [6.45, 7) is 4.01. The van der Waals surface area contributed by atoms with E-state index in [9.17, 15) is 4.79 Å². The van der Waals surface area contributed by atoms with Gasteiger partial charge < -0.3 is 10.7 Å². The van der Waals surface area contributed by atoms with Crippen LogP contribution in [0.25, 0.3) is 0 Å². The Hall–Kier alpha value is -1.25. The number of H-pyrrole nitrogens is 1. The fourth-order valence-electron chi connectivity index (χ4n) is 0.898. The fraction of sp³-hybridized carbons (Fsp3) is 0.375. The number of rotatable bonds is 1. The maximum Gasteiger partial charge on any atom is 0.250 e. The maximum absolute atomic E-state index is 10.9. The van der Waals surface area contributed by atoms with E-state index in [2.05, 4.69) is 4.98 Å². The van der Waals surface area contributed by atoms with Crippen LogP contribution >= 0.6 is 0 Å². The number of nitrogen functional groups attached to an aromatic ring is 1. The minimum absolute atomic E-state index is 0.131. The smallest absolute Gasteiger partial charge is 0.250 e. The zero-order chi connectivity index (χ0) is 8.43. The van der Waals surface area contributed by atoms with E-state index in [1.165, 1.54) is 6.07 Å². The van der Waals surface area contributed by atoms with E-state index in [1.807, 2.05) is 13.8 Å². The topological polar surface area (TPSA) is 58.9 Å². The lowest BCUT2D eigenvalue weighted by Crippen LogP contribution is -2.09. The molecule has 0 radical (unpaired) electrons. The number of nitrogens with two attached hydrogens (primary N) is 1.